The molecule has 0 radical (unpaired) electrons. The van der Waals surface area contributed by atoms with Crippen LogP contribution < -0.4 is 15.4 Å². The van der Waals surface area contributed by atoms with Gasteiger partial charge in [0.25, 0.3) is 0 Å². The summed E-state index contributed by atoms with van der Waals surface area (Å²) in [5.41, 5.74) is 2.02. The molecule has 144 valence electrons. The number of aromatic nitrogens is 2. The van der Waals surface area contributed by atoms with E-state index in [-0.39, 0.29) is 5.82 Å². The molecule has 0 saturated carbocycles. The van der Waals surface area contributed by atoms with Gasteiger partial charge in [0.05, 0.1) is 0 Å². The summed E-state index contributed by atoms with van der Waals surface area (Å²) >= 11 is 0. The standard InChI is InChI=1S/C21H22FN5O/c1-23-21(25-13-11-18-4-2-3-12-24-18)27-15-16-5-10-20(26-14-16)28-19-8-6-17(22)7-9-19/h2-10,12,14H,11,13,15H2,1H3,(H2,23,25,27). The number of nitrogens with one attached hydrogen (secondary N) is 2. The Morgan fingerprint density at radius 1 is 1.04 bits per heavy atom. The van der Waals surface area contributed by atoms with Gasteiger partial charge in [-0.05, 0) is 42.0 Å². The Hall–Kier alpha value is -3.48. The van der Waals surface area contributed by atoms with Crippen LogP contribution in [0, 0.1) is 5.82 Å². The molecule has 0 aliphatic rings. The second-order valence-electron chi connectivity index (χ2n) is 5.98. The highest BCUT2D eigenvalue weighted by atomic mass is 19.1. The Bertz CT molecular complexity index is 883. The second kappa shape index (κ2) is 10.0. The van der Waals surface area contributed by atoms with Crippen LogP contribution in [0.25, 0.3) is 0 Å². The molecule has 0 unspecified atom stereocenters. The molecule has 7 heteroatoms. The maximum Gasteiger partial charge on any atom is 0.219 e. The number of nitrogens with zero attached hydrogens (tertiary/aromatic N) is 3. The fraction of sp³-hybridized carbons (Fsp3) is 0.190. The highest BCUT2D eigenvalue weighted by molar-refractivity contribution is 5.79. The van der Waals surface area contributed by atoms with Gasteiger partial charge < -0.3 is 15.4 Å². The topological polar surface area (TPSA) is 71.4 Å². The zero-order valence-electron chi connectivity index (χ0n) is 15.6. The SMILES string of the molecule is CN=C(NCCc1ccccn1)NCc1ccc(Oc2ccc(F)cc2)nc1. The molecule has 0 amide bonds. The predicted octanol–water partition coefficient (Wildman–Crippen LogP) is 3.32. The fourth-order valence-corrected chi connectivity index (χ4v) is 2.46. The summed E-state index contributed by atoms with van der Waals surface area (Å²) < 4.78 is 18.5. The number of pyridine rings is 2. The van der Waals surface area contributed by atoms with E-state index in [1.807, 2.05) is 24.3 Å². The highest BCUT2D eigenvalue weighted by Crippen LogP contribution is 2.19. The third-order valence-corrected chi connectivity index (χ3v) is 3.92. The van der Waals surface area contributed by atoms with Gasteiger partial charge in [-0.3, -0.25) is 9.98 Å². The van der Waals surface area contributed by atoms with Gasteiger partial charge in [-0.2, -0.15) is 0 Å². The van der Waals surface area contributed by atoms with Crippen molar-refractivity contribution >= 4 is 5.96 Å². The van der Waals surface area contributed by atoms with Crippen LogP contribution in [0.1, 0.15) is 11.3 Å². The molecule has 0 saturated heterocycles. The monoisotopic (exact) mass is 379 g/mol. The van der Waals surface area contributed by atoms with Crippen molar-refractivity contribution in [2.75, 3.05) is 13.6 Å². The predicted molar refractivity (Wildman–Crippen MR) is 107 cm³/mol. The summed E-state index contributed by atoms with van der Waals surface area (Å²) in [5.74, 6) is 1.40. The molecule has 6 nitrogen and oxygen atoms in total. The molecule has 2 N–H and O–H groups in total. The van der Waals surface area contributed by atoms with E-state index < -0.39 is 0 Å². The minimum absolute atomic E-state index is 0.302. The summed E-state index contributed by atoms with van der Waals surface area (Å²) in [4.78, 5) is 12.8. The largest absolute Gasteiger partial charge is 0.439 e. The summed E-state index contributed by atoms with van der Waals surface area (Å²) in [6, 6.07) is 15.4. The van der Waals surface area contributed by atoms with Gasteiger partial charge in [0.15, 0.2) is 5.96 Å². The van der Waals surface area contributed by atoms with Crippen LogP contribution in [0.4, 0.5) is 4.39 Å². The van der Waals surface area contributed by atoms with Crippen molar-refractivity contribution in [3.63, 3.8) is 0 Å². The molecule has 2 heterocycles. The highest BCUT2D eigenvalue weighted by Gasteiger charge is 2.02. The first kappa shape index (κ1) is 19.3. The first-order chi connectivity index (χ1) is 13.7. The fourth-order valence-electron chi connectivity index (χ4n) is 2.46. The Balaban J connectivity index is 1.44. The first-order valence-electron chi connectivity index (χ1n) is 8.96. The lowest BCUT2D eigenvalue weighted by Crippen LogP contribution is -2.37. The molecule has 3 aromatic rings. The molecule has 0 fully saturated rings. The van der Waals surface area contributed by atoms with E-state index in [0.717, 1.165) is 24.2 Å². The minimum atomic E-state index is -0.302. The van der Waals surface area contributed by atoms with Crippen LogP contribution >= 0.6 is 0 Å². The number of ether oxygens (including phenoxy) is 1. The quantitative estimate of drug-likeness (QED) is 0.487. The van der Waals surface area contributed by atoms with Crippen LogP contribution in [0.3, 0.4) is 0 Å². The van der Waals surface area contributed by atoms with Gasteiger partial charge in [0.2, 0.25) is 5.88 Å². The summed E-state index contributed by atoms with van der Waals surface area (Å²) in [6.45, 7) is 1.31. The van der Waals surface area contributed by atoms with Gasteiger partial charge in [-0.1, -0.05) is 12.1 Å². The Labute approximate surface area is 163 Å². The molecule has 2 aromatic heterocycles. The third kappa shape index (κ3) is 6.05. The van der Waals surface area contributed by atoms with E-state index in [2.05, 4.69) is 25.6 Å². The van der Waals surface area contributed by atoms with Gasteiger partial charge in [0, 0.05) is 50.7 Å². The van der Waals surface area contributed by atoms with Crippen LogP contribution in [0.5, 0.6) is 11.6 Å². The van der Waals surface area contributed by atoms with E-state index in [1.165, 1.54) is 12.1 Å². The molecular formula is C21H22FN5O. The van der Waals surface area contributed by atoms with E-state index in [0.29, 0.717) is 24.1 Å². The van der Waals surface area contributed by atoms with Gasteiger partial charge >= 0.3 is 0 Å². The zero-order chi connectivity index (χ0) is 19.6. The van der Waals surface area contributed by atoms with E-state index in [4.69, 9.17) is 4.74 Å². The lowest BCUT2D eigenvalue weighted by Gasteiger charge is -2.12. The van der Waals surface area contributed by atoms with Crippen LogP contribution in [0.2, 0.25) is 0 Å². The maximum absolute atomic E-state index is 12.9. The Morgan fingerprint density at radius 2 is 1.89 bits per heavy atom. The third-order valence-electron chi connectivity index (χ3n) is 3.92. The molecular weight excluding hydrogens is 357 g/mol. The molecule has 0 atom stereocenters. The molecule has 28 heavy (non-hydrogen) atoms. The normalized spacial score (nSPS) is 11.1. The summed E-state index contributed by atoms with van der Waals surface area (Å²) in [6.07, 6.45) is 4.34. The van der Waals surface area contributed by atoms with Crippen LogP contribution in [0.15, 0.2) is 72.0 Å². The molecule has 0 spiro atoms. The second-order valence-corrected chi connectivity index (χ2v) is 5.98. The molecule has 0 bridgehead atoms. The van der Waals surface area contributed by atoms with E-state index in [9.17, 15) is 4.39 Å². The molecule has 1 aromatic carbocycles. The molecule has 0 aliphatic carbocycles. The number of aliphatic imine (C=N–C) groups is 1. The summed E-state index contributed by atoms with van der Waals surface area (Å²) in [7, 11) is 1.73. The van der Waals surface area contributed by atoms with Crippen molar-refractivity contribution in [1.29, 1.82) is 0 Å². The average Bonchev–Trinajstić information content (AvgIpc) is 2.74. The lowest BCUT2D eigenvalue weighted by atomic mass is 10.3. The van der Waals surface area contributed by atoms with Crippen molar-refractivity contribution < 1.29 is 9.13 Å². The number of benzene rings is 1. The Kier molecular flexibility index (Phi) is 6.89. The maximum atomic E-state index is 12.9. The average molecular weight is 379 g/mol. The number of hydrogen-bond donors (Lipinski definition) is 2. The van der Waals surface area contributed by atoms with Crippen LogP contribution in [-0.2, 0) is 13.0 Å². The van der Waals surface area contributed by atoms with Crippen LogP contribution in [-0.4, -0.2) is 29.5 Å². The number of hydrogen-bond acceptors (Lipinski definition) is 4. The lowest BCUT2D eigenvalue weighted by molar-refractivity contribution is 0.461. The van der Waals surface area contributed by atoms with Crippen molar-refractivity contribution in [3.05, 3.63) is 84.1 Å². The van der Waals surface area contributed by atoms with E-state index >= 15 is 0 Å². The number of guanidine groups is 1. The minimum Gasteiger partial charge on any atom is -0.439 e. The van der Waals surface area contributed by atoms with Crippen molar-refractivity contribution in [1.82, 2.24) is 20.6 Å². The molecule has 3 rings (SSSR count). The van der Waals surface area contributed by atoms with E-state index in [1.54, 1.807) is 37.6 Å². The smallest absolute Gasteiger partial charge is 0.219 e. The van der Waals surface area contributed by atoms with Crippen molar-refractivity contribution in [2.24, 2.45) is 4.99 Å². The van der Waals surface area contributed by atoms with Gasteiger partial charge in [-0.15, -0.1) is 0 Å². The first-order valence-corrected chi connectivity index (χ1v) is 8.96. The zero-order valence-corrected chi connectivity index (χ0v) is 15.6. The van der Waals surface area contributed by atoms with Gasteiger partial charge in [-0.25, -0.2) is 9.37 Å². The Morgan fingerprint density at radius 3 is 2.57 bits per heavy atom. The van der Waals surface area contributed by atoms with Crippen molar-refractivity contribution in [2.45, 2.75) is 13.0 Å². The number of rotatable bonds is 7. The summed E-state index contributed by atoms with van der Waals surface area (Å²) in [5, 5.41) is 6.50. The van der Waals surface area contributed by atoms with Gasteiger partial charge in [0.1, 0.15) is 11.6 Å². The van der Waals surface area contributed by atoms with Crippen molar-refractivity contribution in [3.8, 4) is 11.6 Å². The molecule has 0 aliphatic heterocycles. The number of halogens is 1.